The van der Waals surface area contributed by atoms with Crippen LogP contribution in [0.15, 0.2) is 18.2 Å². The lowest BCUT2D eigenvalue weighted by molar-refractivity contribution is -0.138. The maximum atomic E-state index is 13.1. The van der Waals surface area contributed by atoms with Gasteiger partial charge in [-0.3, -0.25) is 39.1 Å². The third-order valence-corrected chi connectivity index (χ3v) is 7.28. The third kappa shape index (κ3) is 5.92. The van der Waals surface area contributed by atoms with Crippen molar-refractivity contribution < 1.29 is 29.1 Å². The van der Waals surface area contributed by atoms with Crippen molar-refractivity contribution in [3.63, 3.8) is 0 Å². The summed E-state index contributed by atoms with van der Waals surface area (Å²) in [5.74, 6) is -2.67. The Bertz CT molecular complexity index is 1030. The number of imide groups is 2. The molecule has 0 radical (unpaired) electrons. The summed E-state index contributed by atoms with van der Waals surface area (Å²) < 4.78 is 0. The Balaban J connectivity index is 1.24. The van der Waals surface area contributed by atoms with E-state index >= 15 is 0 Å². The Morgan fingerprint density at radius 1 is 0.889 bits per heavy atom. The van der Waals surface area contributed by atoms with E-state index in [1.54, 1.807) is 12.1 Å². The van der Waals surface area contributed by atoms with Crippen LogP contribution >= 0.6 is 0 Å². The van der Waals surface area contributed by atoms with Crippen molar-refractivity contribution in [2.45, 2.75) is 63.8 Å². The van der Waals surface area contributed by atoms with Gasteiger partial charge in [-0.05, 0) is 44.0 Å². The van der Waals surface area contributed by atoms with E-state index < -0.39 is 29.7 Å². The van der Waals surface area contributed by atoms with Crippen LogP contribution in [0.3, 0.4) is 0 Å². The van der Waals surface area contributed by atoms with Crippen LogP contribution in [-0.2, 0) is 14.4 Å². The molecule has 0 bridgehead atoms. The molecule has 0 aliphatic carbocycles. The molecule has 10 nitrogen and oxygen atoms in total. The zero-order valence-electron chi connectivity index (χ0n) is 20.5. The number of unbranched alkanes of at least 4 members (excludes halogenated alkanes) is 5. The molecule has 3 aliphatic heterocycles. The first kappa shape index (κ1) is 25.8. The molecule has 4 rings (SSSR count). The van der Waals surface area contributed by atoms with Gasteiger partial charge in [-0.15, -0.1) is 0 Å². The second-order valence-electron chi connectivity index (χ2n) is 9.77. The number of nitrogens with one attached hydrogen (secondary N) is 1. The van der Waals surface area contributed by atoms with Crippen LogP contribution in [0.5, 0.6) is 0 Å². The number of carbonyl (C=O) groups is 5. The number of nitrogens with zero attached hydrogens (tertiary/aromatic N) is 3. The van der Waals surface area contributed by atoms with E-state index in [9.17, 15) is 24.0 Å². The number of amides is 4. The predicted octanol–water partition coefficient (Wildman–Crippen LogP) is 2.03. The van der Waals surface area contributed by atoms with Gasteiger partial charge < -0.3 is 10.0 Å². The fourth-order valence-corrected chi connectivity index (χ4v) is 5.20. The van der Waals surface area contributed by atoms with Gasteiger partial charge in [0.2, 0.25) is 11.8 Å². The van der Waals surface area contributed by atoms with E-state index in [-0.39, 0.29) is 25.2 Å². The zero-order chi connectivity index (χ0) is 25.7. The topological polar surface area (TPSA) is 127 Å². The molecule has 0 saturated carbocycles. The molecule has 3 heterocycles. The lowest BCUT2D eigenvalue weighted by atomic mass is 10.0. The van der Waals surface area contributed by atoms with E-state index in [2.05, 4.69) is 15.1 Å². The van der Waals surface area contributed by atoms with Crippen LogP contribution < -0.4 is 10.2 Å². The highest BCUT2D eigenvalue weighted by Crippen LogP contribution is 2.31. The van der Waals surface area contributed by atoms with Crippen LogP contribution in [-0.4, -0.2) is 83.3 Å². The fraction of sp³-hybridized carbons (Fsp3) is 0.577. The van der Waals surface area contributed by atoms with Crippen LogP contribution in [0.1, 0.15) is 78.5 Å². The lowest BCUT2D eigenvalue weighted by Gasteiger charge is -2.36. The highest BCUT2D eigenvalue weighted by molar-refractivity contribution is 6.23. The van der Waals surface area contributed by atoms with Gasteiger partial charge in [0.1, 0.15) is 6.04 Å². The summed E-state index contributed by atoms with van der Waals surface area (Å²) in [6.07, 6.45) is 6.75. The quantitative estimate of drug-likeness (QED) is 0.350. The lowest BCUT2D eigenvalue weighted by Crippen LogP contribution is -2.54. The van der Waals surface area contributed by atoms with Crippen molar-refractivity contribution in [1.29, 1.82) is 0 Å². The normalized spacial score (nSPS) is 20.6. The van der Waals surface area contributed by atoms with Gasteiger partial charge in [0.15, 0.2) is 0 Å². The van der Waals surface area contributed by atoms with Crippen molar-refractivity contribution in [3.05, 3.63) is 29.3 Å². The van der Waals surface area contributed by atoms with E-state index in [1.165, 1.54) is 0 Å². The molecular formula is C26H34N4O6. The Hall–Kier alpha value is -3.27. The van der Waals surface area contributed by atoms with Gasteiger partial charge in [0.05, 0.1) is 11.1 Å². The SMILES string of the molecule is O=C(O)CCCCCCCCN1CCN(c2ccc3c(c2)C(=O)N([C@H]2CCC(=O)NC2=O)C3=O)CC1. The van der Waals surface area contributed by atoms with Crippen molar-refractivity contribution in [2.75, 3.05) is 37.6 Å². The number of hydrogen-bond donors (Lipinski definition) is 2. The van der Waals surface area contributed by atoms with Gasteiger partial charge in [0, 0.05) is 44.7 Å². The fourth-order valence-electron chi connectivity index (χ4n) is 5.20. The number of hydrogen-bond acceptors (Lipinski definition) is 7. The molecule has 2 N–H and O–H groups in total. The summed E-state index contributed by atoms with van der Waals surface area (Å²) in [7, 11) is 0. The summed E-state index contributed by atoms with van der Waals surface area (Å²) >= 11 is 0. The molecule has 10 heteroatoms. The van der Waals surface area contributed by atoms with Crippen molar-refractivity contribution in [3.8, 4) is 0 Å². The monoisotopic (exact) mass is 498 g/mol. The standard InChI is InChI=1S/C26H34N4O6/c31-22-11-10-21(24(34)27-22)30-25(35)19-9-8-18(17-20(19)26(30)36)29-15-13-28(14-16-29)12-6-4-2-1-3-5-7-23(32)33/h8-9,17,21H,1-7,10-16H2,(H,32,33)(H,27,31,34)/t21-/m0/s1. The Kier molecular flexibility index (Phi) is 8.35. The van der Waals surface area contributed by atoms with Crippen LogP contribution in [0, 0.1) is 0 Å². The summed E-state index contributed by atoms with van der Waals surface area (Å²) in [6.45, 7) is 4.54. The van der Waals surface area contributed by atoms with Crippen molar-refractivity contribution in [1.82, 2.24) is 15.1 Å². The summed E-state index contributed by atoms with van der Waals surface area (Å²) in [4.78, 5) is 65.8. The number of rotatable bonds is 11. The number of piperidine rings is 1. The van der Waals surface area contributed by atoms with Gasteiger partial charge in [-0.1, -0.05) is 25.7 Å². The van der Waals surface area contributed by atoms with Crippen LogP contribution in [0.4, 0.5) is 5.69 Å². The van der Waals surface area contributed by atoms with Gasteiger partial charge >= 0.3 is 5.97 Å². The number of piperazine rings is 1. The van der Waals surface area contributed by atoms with Crippen molar-refractivity contribution in [2.24, 2.45) is 0 Å². The first-order valence-corrected chi connectivity index (χ1v) is 12.9. The first-order chi connectivity index (χ1) is 17.3. The molecule has 0 unspecified atom stereocenters. The highest BCUT2D eigenvalue weighted by Gasteiger charge is 2.44. The number of carbonyl (C=O) groups excluding carboxylic acids is 4. The van der Waals surface area contributed by atoms with E-state index in [1.807, 2.05) is 6.07 Å². The average Bonchev–Trinajstić information content (AvgIpc) is 3.10. The third-order valence-electron chi connectivity index (χ3n) is 7.28. The number of carboxylic acids is 1. The Morgan fingerprint density at radius 3 is 2.25 bits per heavy atom. The second kappa shape index (κ2) is 11.6. The molecule has 36 heavy (non-hydrogen) atoms. The minimum absolute atomic E-state index is 0.103. The molecule has 3 aliphatic rings. The van der Waals surface area contributed by atoms with Gasteiger partial charge in [0.25, 0.3) is 11.8 Å². The number of carboxylic acid groups (broad SMARTS) is 1. The maximum Gasteiger partial charge on any atom is 0.303 e. The second-order valence-corrected chi connectivity index (χ2v) is 9.77. The number of aliphatic carboxylic acids is 1. The molecule has 0 spiro atoms. The summed E-state index contributed by atoms with van der Waals surface area (Å²) in [5, 5.41) is 10.9. The maximum absolute atomic E-state index is 13.1. The summed E-state index contributed by atoms with van der Waals surface area (Å²) in [6, 6.07) is 4.32. The molecule has 4 amide bonds. The van der Waals surface area contributed by atoms with E-state index in [4.69, 9.17) is 5.11 Å². The Morgan fingerprint density at radius 2 is 1.56 bits per heavy atom. The largest absolute Gasteiger partial charge is 0.481 e. The molecule has 1 aromatic rings. The molecule has 0 aromatic heterocycles. The number of fused-ring (bicyclic) bond motifs is 1. The average molecular weight is 499 g/mol. The first-order valence-electron chi connectivity index (χ1n) is 12.9. The highest BCUT2D eigenvalue weighted by atomic mass is 16.4. The summed E-state index contributed by atoms with van der Waals surface area (Å²) in [5.41, 5.74) is 1.50. The Labute approximate surface area is 210 Å². The molecule has 1 atom stereocenters. The van der Waals surface area contributed by atoms with Gasteiger partial charge in [-0.2, -0.15) is 0 Å². The van der Waals surface area contributed by atoms with E-state index in [0.717, 1.165) is 81.8 Å². The zero-order valence-corrected chi connectivity index (χ0v) is 20.5. The molecule has 1 aromatic carbocycles. The van der Waals surface area contributed by atoms with Crippen molar-refractivity contribution >= 4 is 35.3 Å². The minimum Gasteiger partial charge on any atom is -0.481 e. The van der Waals surface area contributed by atoms with Gasteiger partial charge in [-0.25, -0.2) is 0 Å². The number of benzene rings is 1. The smallest absolute Gasteiger partial charge is 0.303 e. The minimum atomic E-state index is -0.952. The molecule has 2 fully saturated rings. The molecular weight excluding hydrogens is 464 g/mol. The van der Waals surface area contributed by atoms with Crippen LogP contribution in [0.2, 0.25) is 0 Å². The molecule has 194 valence electrons. The predicted molar refractivity (Wildman–Crippen MR) is 132 cm³/mol. The molecule has 2 saturated heterocycles. The van der Waals surface area contributed by atoms with Crippen LogP contribution in [0.25, 0.3) is 0 Å². The van der Waals surface area contributed by atoms with E-state index in [0.29, 0.717) is 11.1 Å². The number of anilines is 1.